The van der Waals surface area contributed by atoms with Crippen LogP contribution in [0.2, 0.25) is 0 Å². The molecule has 0 bridgehead atoms. The number of aliphatic carboxylic acids is 1. The molecule has 0 saturated heterocycles. The van der Waals surface area contributed by atoms with Crippen molar-refractivity contribution in [3.63, 3.8) is 0 Å². The molecular weight excluding hydrogens is 262 g/mol. The fourth-order valence-corrected chi connectivity index (χ4v) is 0.581. The number of benzene rings is 1. The molecule has 0 aliphatic carbocycles. The van der Waals surface area contributed by atoms with Crippen LogP contribution in [0.4, 0.5) is 0 Å². The maximum atomic E-state index is 10.2. The zero-order chi connectivity index (χ0) is 11.8. The predicted octanol–water partition coefficient (Wildman–Crippen LogP) is 2.03. The van der Waals surface area contributed by atoms with Gasteiger partial charge in [-0.3, -0.25) is 0 Å². The second kappa shape index (κ2) is 8.80. The topological polar surface area (TPSA) is 74.6 Å². The van der Waals surface area contributed by atoms with Gasteiger partial charge in [-0.15, -0.1) is 0 Å². The van der Waals surface area contributed by atoms with Gasteiger partial charge in [-0.05, 0) is 19.1 Å². The van der Waals surface area contributed by atoms with E-state index in [1.54, 1.807) is 30.3 Å². The minimum absolute atomic E-state index is 0. The first kappa shape index (κ1) is 16.9. The number of carbonyl (C=O) groups is 2. The van der Waals surface area contributed by atoms with Gasteiger partial charge < -0.3 is 10.2 Å². The molecule has 0 aliphatic rings. The Labute approximate surface area is 106 Å². The Hall–Kier alpha value is -1.48. The Balaban J connectivity index is 0. The summed E-state index contributed by atoms with van der Waals surface area (Å²) < 4.78 is 0. The molecule has 0 aliphatic heterocycles. The van der Waals surface area contributed by atoms with Gasteiger partial charge in [0.05, 0.1) is 5.56 Å². The van der Waals surface area contributed by atoms with Crippen molar-refractivity contribution < 1.29 is 39.3 Å². The molecule has 2 N–H and O–H groups in total. The van der Waals surface area contributed by atoms with Crippen LogP contribution >= 0.6 is 0 Å². The molecule has 0 fully saturated rings. The molecule has 0 aromatic heterocycles. The quantitative estimate of drug-likeness (QED) is 0.639. The van der Waals surface area contributed by atoms with Gasteiger partial charge in [0.25, 0.3) is 0 Å². The van der Waals surface area contributed by atoms with E-state index in [-0.39, 0.29) is 25.1 Å². The fourth-order valence-electron chi connectivity index (χ4n) is 0.581. The Morgan fingerprint density at radius 3 is 1.69 bits per heavy atom. The van der Waals surface area contributed by atoms with Crippen LogP contribution in [0.25, 0.3) is 0 Å². The first-order valence-corrected chi connectivity index (χ1v) is 4.12. The molecule has 0 amide bonds. The summed E-state index contributed by atoms with van der Waals surface area (Å²) in [4.78, 5) is 19.8. The van der Waals surface area contributed by atoms with E-state index in [1.807, 2.05) is 0 Å². The third-order valence-electron chi connectivity index (χ3n) is 1.39. The van der Waals surface area contributed by atoms with Crippen LogP contribution in [-0.4, -0.2) is 22.2 Å². The number of carboxylic acid groups (broad SMARTS) is 2. The van der Waals surface area contributed by atoms with Crippen molar-refractivity contribution in [2.45, 2.75) is 6.92 Å². The van der Waals surface area contributed by atoms with Crippen molar-refractivity contribution in [1.82, 2.24) is 0 Å². The summed E-state index contributed by atoms with van der Waals surface area (Å²) in [5, 5.41) is 16.3. The molecule has 0 saturated carbocycles. The zero-order valence-electron chi connectivity index (χ0n) is 9.01. The first-order valence-electron chi connectivity index (χ1n) is 4.12. The van der Waals surface area contributed by atoms with Gasteiger partial charge >= 0.3 is 11.9 Å². The third kappa shape index (κ3) is 7.88. The summed E-state index contributed by atoms with van der Waals surface area (Å²) in [6.45, 7) is 4.60. The molecule has 5 heteroatoms. The van der Waals surface area contributed by atoms with Crippen LogP contribution < -0.4 is 0 Å². The van der Waals surface area contributed by atoms with Gasteiger partial charge in [-0.25, -0.2) is 9.59 Å². The van der Waals surface area contributed by atoms with Crippen molar-refractivity contribution >= 4 is 11.9 Å². The van der Waals surface area contributed by atoms with E-state index in [0.29, 0.717) is 5.56 Å². The van der Waals surface area contributed by atoms with E-state index in [0.717, 1.165) is 0 Å². The van der Waals surface area contributed by atoms with Crippen LogP contribution in [0.5, 0.6) is 0 Å². The summed E-state index contributed by atoms with van der Waals surface area (Å²) >= 11 is 0. The molecule has 4 nitrogen and oxygen atoms in total. The maximum Gasteiger partial charge on any atom is 0.335 e. The van der Waals surface area contributed by atoms with E-state index in [4.69, 9.17) is 10.2 Å². The van der Waals surface area contributed by atoms with Crippen LogP contribution in [-0.2, 0) is 24.3 Å². The second-order valence-electron chi connectivity index (χ2n) is 2.76. The molecule has 1 aromatic rings. The summed E-state index contributed by atoms with van der Waals surface area (Å²) in [5.74, 6) is -1.81. The van der Waals surface area contributed by atoms with E-state index >= 15 is 0 Å². The third-order valence-corrected chi connectivity index (χ3v) is 1.39. The smallest absolute Gasteiger partial charge is 0.335 e. The number of carboxylic acids is 2. The predicted molar refractivity (Wildman–Crippen MR) is 55.9 cm³/mol. The Morgan fingerprint density at radius 1 is 1.12 bits per heavy atom. The average Bonchev–Trinajstić information content (AvgIpc) is 2.20. The largest absolute Gasteiger partial charge is 0.478 e. The van der Waals surface area contributed by atoms with Crippen molar-refractivity contribution in [3.8, 4) is 0 Å². The Bertz CT molecular complexity index is 348. The van der Waals surface area contributed by atoms with Gasteiger partial charge in [0.2, 0.25) is 0 Å². The minimum Gasteiger partial charge on any atom is -0.478 e. The van der Waals surface area contributed by atoms with E-state index in [9.17, 15) is 9.59 Å². The van der Waals surface area contributed by atoms with Crippen LogP contribution in [0.3, 0.4) is 0 Å². The Morgan fingerprint density at radius 2 is 1.50 bits per heavy atom. The van der Waals surface area contributed by atoms with E-state index in [1.165, 1.54) is 6.92 Å². The van der Waals surface area contributed by atoms with Crippen LogP contribution in [0.15, 0.2) is 42.5 Å². The minimum atomic E-state index is -0.935. The van der Waals surface area contributed by atoms with Gasteiger partial charge in [0.1, 0.15) is 0 Å². The summed E-state index contributed by atoms with van der Waals surface area (Å²) in [5.41, 5.74) is 0.507. The van der Waals surface area contributed by atoms with Crippen molar-refractivity contribution in [3.05, 3.63) is 48.0 Å². The number of rotatable bonds is 2. The molecule has 0 radical (unpaired) electrons. The summed E-state index contributed by atoms with van der Waals surface area (Å²) in [7, 11) is 0. The molecule has 1 aromatic carbocycles. The van der Waals surface area contributed by atoms with Crippen LogP contribution in [0, 0.1) is 0 Å². The van der Waals surface area contributed by atoms with Gasteiger partial charge in [0.15, 0.2) is 0 Å². The number of aromatic carboxylic acids is 1. The molecule has 1 rings (SSSR count). The number of hydrogen-bond donors (Lipinski definition) is 2. The fraction of sp³-hybridized carbons (Fsp3) is 0.0909. The molecule has 82 valence electrons. The first-order chi connectivity index (χ1) is 6.95. The van der Waals surface area contributed by atoms with Crippen molar-refractivity contribution in [2.24, 2.45) is 0 Å². The Kier molecular flexibility index (Phi) is 9.32. The molecule has 0 spiro atoms. The number of hydrogen-bond acceptors (Lipinski definition) is 2. The molecule has 16 heavy (non-hydrogen) atoms. The summed E-state index contributed by atoms with van der Waals surface area (Å²) in [6, 6.07) is 8.30. The molecule has 0 unspecified atom stereocenters. The standard InChI is InChI=1S/C7H6O2.C4H6O2.Zn/c8-7(9)6-4-2-1-3-5-6;1-3(2)4(5)6;/h1-5H,(H,8,9);1H2,2H3,(H,5,6);. The van der Waals surface area contributed by atoms with E-state index in [2.05, 4.69) is 6.58 Å². The van der Waals surface area contributed by atoms with Crippen molar-refractivity contribution in [2.75, 3.05) is 0 Å². The SMILES string of the molecule is C=C(C)C(=O)O.O=C(O)c1ccccc1.[Zn]. The van der Waals surface area contributed by atoms with Gasteiger partial charge in [-0.1, -0.05) is 24.8 Å². The van der Waals surface area contributed by atoms with E-state index < -0.39 is 11.9 Å². The van der Waals surface area contributed by atoms with Gasteiger partial charge in [0, 0.05) is 25.1 Å². The average molecular weight is 274 g/mol. The molecule has 0 atom stereocenters. The normalized spacial score (nSPS) is 7.81. The monoisotopic (exact) mass is 272 g/mol. The second-order valence-corrected chi connectivity index (χ2v) is 2.76. The molecular formula is C11H12O4Zn. The zero-order valence-corrected chi connectivity index (χ0v) is 12.0. The van der Waals surface area contributed by atoms with Crippen molar-refractivity contribution in [1.29, 1.82) is 0 Å². The summed E-state index contributed by atoms with van der Waals surface area (Å²) in [6.07, 6.45) is 0. The molecule has 0 heterocycles. The van der Waals surface area contributed by atoms with Crippen LogP contribution in [0.1, 0.15) is 17.3 Å². The maximum absolute atomic E-state index is 10.2. The van der Waals surface area contributed by atoms with Gasteiger partial charge in [-0.2, -0.15) is 0 Å².